The molecule has 1 aromatic carbocycles. The van der Waals surface area contributed by atoms with Gasteiger partial charge in [0, 0.05) is 6.08 Å². The highest BCUT2D eigenvalue weighted by Gasteiger charge is 2.12. The lowest BCUT2D eigenvalue weighted by Gasteiger charge is -2.12. The van der Waals surface area contributed by atoms with E-state index in [1.165, 1.54) is 33.5 Å². The van der Waals surface area contributed by atoms with Crippen molar-refractivity contribution in [3.05, 3.63) is 23.8 Å². The molecule has 0 fully saturated rings. The molecule has 0 heterocycles. The lowest BCUT2D eigenvalue weighted by atomic mass is 10.1. The Bertz CT molecular complexity index is 527. The smallest absolute Gasteiger partial charge is 0.331 e. The maximum Gasteiger partial charge on any atom is 0.331 e. The Balaban J connectivity index is 2.93. The van der Waals surface area contributed by atoms with Gasteiger partial charge in [0.1, 0.15) is 0 Å². The molecule has 1 rings (SSSR count). The van der Waals surface area contributed by atoms with Gasteiger partial charge in [-0.2, -0.15) is 0 Å². The molecule has 21 heavy (non-hydrogen) atoms. The van der Waals surface area contributed by atoms with Gasteiger partial charge in [0.2, 0.25) is 5.75 Å². The predicted octanol–water partition coefficient (Wildman–Crippen LogP) is 0.754. The van der Waals surface area contributed by atoms with Crippen molar-refractivity contribution in [3.63, 3.8) is 0 Å². The van der Waals surface area contributed by atoms with Crippen molar-refractivity contribution < 1.29 is 28.5 Å². The van der Waals surface area contributed by atoms with E-state index in [4.69, 9.17) is 19.9 Å². The van der Waals surface area contributed by atoms with Crippen molar-refractivity contribution >= 4 is 18.0 Å². The molecule has 0 aliphatic rings. The molecule has 0 spiro atoms. The van der Waals surface area contributed by atoms with Gasteiger partial charge in [0.25, 0.3) is 5.91 Å². The van der Waals surface area contributed by atoms with Crippen LogP contribution in [0.2, 0.25) is 0 Å². The second-order valence-electron chi connectivity index (χ2n) is 3.87. The highest BCUT2D eigenvalue weighted by atomic mass is 16.5. The minimum atomic E-state index is -0.718. The number of nitrogens with two attached hydrogens (primary N) is 1. The number of hydrogen-bond donors (Lipinski definition) is 1. The van der Waals surface area contributed by atoms with Crippen LogP contribution >= 0.6 is 0 Å². The molecule has 0 aliphatic heterocycles. The number of amides is 1. The molecule has 0 unspecified atom stereocenters. The van der Waals surface area contributed by atoms with Gasteiger partial charge in [-0.15, -0.1) is 0 Å². The maximum atomic E-state index is 11.3. The monoisotopic (exact) mass is 295 g/mol. The zero-order valence-electron chi connectivity index (χ0n) is 12.0. The molecule has 0 aromatic heterocycles. The quantitative estimate of drug-likeness (QED) is 0.589. The molecule has 114 valence electrons. The number of ether oxygens (including phenoxy) is 4. The van der Waals surface area contributed by atoms with E-state index in [0.717, 1.165) is 0 Å². The molecule has 0 saturated carbocycles. The first-order chi connectivity index (χ1) is 10.0. The molecule has 0 bridgehead atoms. The van der Waals surface area contributed by atoms with Gasteiger partial charge in [0.05, 0.1) is 21.3 Å². The van der Waals surface area contributed by atoms with Crippen molar-refractivity contribution in [2.24, 2.45) is 5.73 Å². The summed E-state index contributed by atoms with van der Waals surface area (Å²) in [5.74, 6) is -0.0236. The fourth-order valence-corrected chi connectivity index (χ4v) is 1.55. The summed E-state index contributed by atoms with van der Waals surface area (Å²) in [6, 6.07) is 3.33. The summed E-state index contributed by atoms with van der Waals surface area (Å²) in [7, 11) is 4.48. The average Bonchev–Trinajstić information content (AvgIpc) is 2.49. The van der Waals surface area contributed by atoms with Crippen LogP contribution in [0.3, 0.4) is 0 Å². The van der Waals surface area contributed by atoms with Crippen LogP contribution in [-0.2, 0) is 14.3 Å². The molecule has 1 amide bonds. The minimum Gasteiger partial charge on any atom is -0.493 e. The number of methoxy groups -OCH3 is 3. The van der Waals surface area contributed by atoms with Gasteiger partial charge in [0.15, 0.2) is 18.1 Å². The third-order valence-corrected chi connectivity index (χ3v) is 2.46. The van der Waals surface area contributed by atoms with E-state index in [1.54, 1.807) is 12.1 Å². The molecular weight excluding hydrogens is 278 g/mol. The van der Waals surface area contributed by atoms with E-state index in [0.29, 0.717) is 22.8 Å². The largest absolute Gasteiger partial charge is 0.493 e. The Kier molecular flexibility index (Phi) is 6.06. The first-order valence-electron chi connectivity index (χ1n) is 5.95. The van der Waals surface area contributed by atoms with Crippen molar-refractivity contribution in [1.29, 1.82) is 0 Å². The molecular formula is C14H17NO6. The van der Waals surface area contributed by atoms with Gasteiger partial charge >= 0.3 is 5.97 Å². The molecule has 1 aromatic rings. The Morgan fingerprint density at radius 3 is 2.10 bits per heavy atom. The summed E-state index contributed by atoms with van der Waals surface area (Å²) < 4.78 is 20.2. The van der Waals surface area contributed by atoms with Crippen molar-refractivity contribution in [2.45, 2.75) is 0 Å². The number of carbonyl (C=O) groups is 2. The van der Waals surface area contributed by atoms with Crippen LogP contribution in [0.1, 0.15) is 5.56 Å². The fraction of sp³-hybridized carbons (Fsp3) is 0.286. The number of rotatable bonds is 7. The molecule has 0 saturated heterocycles. The summed E-state index contributed by atoms with van der Waals surface area (Å²) >= 11 is 0. The Morgan fingerprint density at radius 1 is 1.10 bits per heavy atom. The minimum absolute atomic E-state index is 0.452. The SMILES string of the molecule is COc1cc(C=CC(=O)OCC(N)=O)cc(OC)c1OC. The summed E-state index contributed by atoms with van der Waals surface area (Å²) in [4.78, 5) is 21.8. The molecule has 0 aliphatic carbocycles. The third kappa shape index (κ3) is 4.72. The Labute approximate surface area is 122 Å². The van der Waals surface area contributed by atoms with Crippen LogP contribution in [0, 0.1) is 0 Å². The van der Waals surface area contributed by atoms with E-state index < -0.39 is 18.5 Å². The molecule has 0 radical (unpaired) electrons. The Hall–Kier alpha value is -2.70. The fourth-order valence-electron chi connectivity index (χ4n) is 1.55. The summed E-state index contributed by atoms with van der Waals surface area (Å²) in [6.07, 6.45) is 2.66. The highest BCUT2D eigenvalue weighted by Crippen LogP contribution is 2.38. The Morgan fingerprint density at radius 2 is 1.67 bits per heavy atom. The molecule has 2 N–H and O–H groups in total. The van der Waals surface area contributed by atoms with Crippen molar-refractivity contribution in [1.82, 2.24) is 0 Å². The van der Waals surface area contributed by atoms with Crippen LogP contribution in [0.25, 0.3) is 6.08 Å². The van der Waals surface area contributed by atoms with Gasteiger partial charge in [-0.25, -0.2) is 4.79 Å². The van der Waals surface area contributed by atoms with Crippen LogP contribution in [0.4, 0.5) is 0 Å². The normalized spacial score (nSPS) is 10.2. The number of hydrogen-bond acceptors (Lipinski definition) is 6. The van der Waals surface area contributed by atoms with E-state index >= 15 is 0 Å². The number of primary amides is 1. The summed E-state index contributed by atoms with van der Waals surface area (Å²) in [5.41, 5.74) is 5.51. The van der Waals surface area contributed by atoms with E-state index in [2.05, 4.69) is 4.74 Å². The number of benzene rings is 1. The second-order valence-corrected chi connectivity index (χ2v) is 3.87. The lowest BCUT2D eigenvalue weighted by molar-refractivity contribution is -0.142. The van der Waals surface area contributed by atoms with Gasteiger partial charge < -0.3 is 24.7 Å². The van der Waals surface area contributed by atoms with Crippen molar-refractivity contribution in [3.8, 4) is 17.2 Å². The number of esters is 1. The van der Waals surface area contributed by atoms with Crippen LogP contribution in [0.5, 0.6) is 17.2 Å². The highest BCUT2D eigenvalue weighted by molar-refractivity contribution is 5.89. The van der Waals surface area contributed by atoms with Crippen molar-refractivity contribution in [2.75, 3.05) is 27.9 Å². The topological polar surface area (TPSA) is 97.1 Å². The summed E-state index contributed by atoms with van der Waals surface area (Å²) in [6.45, 7) is -0.460. The predicted molar refractivity (Wildman–Crippen MR) is 75.3 cm³/mol. The van der Waals surface area contributed by atoms with E-state index in [1.807, 2.05) is 0 Å². The van der Waals surface area contributed by atoms with E-state index in [-0.39, 0.29) is 0 Å². The first kappa shape index (κ1) is 16.4. The molecule has 7 heteroatoms. The standard InChI is InChI=1S/C14H17NO6/c1-18-10-6-9(7-11(19-2)14(10)20-3)4-5-13(17)21-8-12(15)16/h4-7H,8H2,1-3H3,(H2,15,16). The summed E-state index contributed by atoms with van der Waals surface area (Å²) in [5, 5.41) is 0. The zero-order chi connectivity index (χ0) is 15.8. The molecule has 0 atom stereocenters. The first-order valence-corrected chi connectivity index (χ1v) is 5.95. The van der Waals surface area contributed by atoms with Gasteiger partial charge in [-0.1, -0.05) is 0 Å². The van der Waals surface area contributed by atoms with Gasteiger partial charge in [-0.3, -0.25) is 4.79 Å². The zero-order valence-corrected chi connectivity index (χ0v) is 12.0. The lowest BCUT2D eigenvalue weighted by Crippen LogP contribution is -2.19. The average molecular weight is 295 g/mol. The van der Waals surface area contributed by atoms with E-state index in [9.17, 15) is 9.59 Å². The second kappa shape index (κ2) is 7.78. The molecule has 7 nitrogen and oxygen atoms in total. The van der Waals surface area contributed by atoms with Crippen LogP contribution < -0.4 is 19.9 Å². The number of carbonyl (C=O) groups excluding carboxylic acids is 2. The van der Waals surface area contributed by atoms with Crippen LogP contribution in [0.15, 0.2) is 18.2 Å². The van der Waals surface area contributed by atoms with Gasteiger partial charge in [-0.05, 0) is 23.8 Å². The third-order valence-electron chi connectivity index (χ3n) is 2.46. The maximum absolute atomic E-state index is 11.3. The van der Waals surface area contributed by atoms with Crippen LogP contribution in [-0.4, -0.2) is 39.8 Å².